The molecule has 0 radical (unpaired) electrons. The van der Waals surface area contributed by atoms with Gasteiger partial charge in [-0.05, 0) is 63.0 Å². The molecule has 0 spiro atoms. The lowest BCUT2D eigenvalue weighted by Crippen LogP contribution is -1.95. The van der Waals surface area contributed by atoms with E-state index in [4.69, 9.17) is 10.00 Å². The summed E-state index contributed by atoms with van der Waals surface area (Å²) in [6.45, 7) is 0.489. The number of nitrogens with zero attached hydrogens (tertiary/aromatic N) is 2. The average molecular weight is 415 g/mol. The number of hydrogen-bond donors (Lipinski definition) is 0. The Bertz CT molecular complexity index is 1040. The van der Waals surface area contributed by atoms with Gasteiger partial charge in [0.1, 0.15) is 12.4 Å². The van der Waals surface area contributed by atoms with Crippen LogP contribution in [0.15, 0.2) is 77.3 Å². The van der Waals surface area contributed by atoms with Gasteiger partial charge in [0.25, 0.3) is 0 Å². The summed E-state index contributed by atoms with van der Waals surface area (Å²) in [6.07, 6.45) is 1.81. The van der Waals surface area contributed by atoms with Gasteiger partial charge >= 0.3 is 0 Å². The molecule has 0 N–H and O–H groups in total. The van der Waals surface area contributed by atoms with Crippen LogP contribution in [-0.4, -0.2) is 0 Å². The maximum Gasteiger partial charge on any atom is 0.134 e. The molecule has 0 aliphatic rings. The van der Waals surface area contributed by atoms with E-state index in [2.05, 4.69) is 28.1 Å². The second kappa shape index (κ2) is 8.85. The first-order valence-corrected chi connectivity index (χ1v) is 9.07. The molecule has 0 aliphatic carbocycles. The highest BCUT2D eigenvalue weighted by molar-refractivity contribution is 9.10. The van der Waals surface area contributed by atoms with Crippen molar-refractivity contribution < 1.29 is 4.74 Å². The van der Waals surface area contributed by atoms with E-state index in [0.29, 0.717) is 17.7 Å². The molecule has 0 unspecified atom stereocenters. The SMILES string of the molecule is N#C/C(=C/c1ccc(OCc2ccccc2)c(Br)c1)c1ccc(C#N)cc1. The summed E-state index contributed by atoms with van der Waals surface area (Å²) in [5, 5.41) is 18.4. The van der Waals surface area contributed by atoms with Gasteiger partial charge in [-0.3, -0.25) is 0 Å². The minimum absolute atomic E-state index is 0.489. The van der Waals surface area contributed by atoms with Crippen LogP contribution < -0.4 is 4.74 Å². The highest BCUT2D eigenvalue weighted by atomic mass is 79.9. The van der Waals surface area contributed by atoms with Crippen LogP contribution in [0.25, 0.3) is 11.6 Å². The van der Waals surface area contributed by atoms with Gasteiger partial charge in [-0.25, -0.2) is 0 Å². The van der Waals surface area contributed by atoms with Crippen LogP contribution in [0.3, 0.4) is 0 Å². The predicted octanol–water partition coefficient (Wildman–Crippen LogP) is 5.96. The third-order valence-corrected chi connectivity index (χ3v) is 4.57. The van der Waals surface area contributed by atoms with Crippen LogP contribution in [0, 0.1) is 22.7 Å². The molecular formula is C23H15BrN2O. The fourth-order valence-corrected chi connectivity index (χ4v) is 3.04. The number of allylic oxidation sites excluding steroid dienone is 1. The zero-order chi connectivity index (χ0) is 19.1. The molecule has 0 aromatic heterocycles. The van der Waals surface area contributed by atoms with E-state index in [0.717, 1.165) is 26.9 Å². The van der Waals surface area contributed by atoms with Crippen molar-refractivity contribution in [3.63, 3.8) is 0 Å². The first-order chi connectivity index (χ1) is 13.2. The minimum Gasteiger partial charge on any atom is -0.488 e. The molecule has 3 aromatic carbocycles. The molecule has 27 heavy (non-hydrogen) atoms. The van der Waals surface area contributed by atoms with Gasteiger partial charge in [0, 0.05) is 0 Å². The summed E-state index contributed by atoms with van der Waals surface area (Å²) in [6, 6.07) is 26.9. The van der Waals surface area contributed by atoms with Gasteiger partial charge in [-0.15, -0.1) is 0 Å². The van der Waals surface area contributed by atoms with Crippen LogP contribution in [0.4, 0.5) is 0 Å². The lowest BCUT2D eigenvalue weighted by molar-refractivity contribution is 0.304. The molecule has 0 amide bonds. The van der Waals surface area contributed by atoms with E-state index < -0.39 is 0 Å². The fraction of sp³-hybridized carbons (Fsp3) is 0.0435. The van der Waals surface area contributed by atoms with Crippen LogP contribution >= 0.6 is 15.9 Å². The minimum atomic E-state index is 0.489. The zero-order valence-electron chi connectivity index (χ0n) is 14.4. The van der Waals surface area contributed by atoms with Crippen molar-refractivity contribution >= 4 is 27.6 Å². The second-order valence-corrected chi connectivity index (χ2v) is 6.68. The molecule has 0 heterocycles. The number of ether oxygens (including phenoxy) is 1. The van der Waals surface area contributed by atoms with Gasteiger partial charge in [-0.1, -0.05) is 48.5 Å². The van der Waals surface area contributed by atoms with E-state index in [9.17, 15) is 5.26 Å². The van der Waals surface area contributed by atoms with Crippen LogP contribution in [-0.2, 0) is 6.61 Å². The number of halogens is 1. The highest BCUT2D eigenvalue weighted by Crippen LogP contribution is 2.28. The molecule has 3 rings (SSSR count). The molecule has 3 nitrogen and oxygen atoms in total. The molecule has 0 fully saturated rings. The third-order valence-electron chi connectivity index (χ3n) is 3.95. The first kappa shape index (κ1) is 18.5. The maximum atomic E-state index is 9.48. The molecule has 0 atom stereocenters. The van der Waals surface area contributed by atoms with E-state index in [1.807, 2.05) is 54.6 Å². The van der Waals surface area contributed by atoms with Gasteiger partial charge in [0.2, 0.25) is 0 Å². The zero-order valence-corrected chi connectivity index (χ0v) is 16.0. The Morgan fingerprint density at radius 3 is 2.33 bits per heavy atom. The Kier molecular flexibility index (Phi) is 6.05. The molecule has 130 valence electrons. The molecular weight excluding hydrogens is 400 g/mol. The summed E-state index contributed by atoms with van der Waals surface area (Å²) < 4.78 is 6.68. The monoisotopic (exact) mass is 414 g/mol. The summed E-state index contributed by atoms with van der Waals surface area (Å²) in [5.74, 6) is 0.743. The summed E-state index contributed by atoms with van der Waals surface area (Å²) in [4.78, 5) is 0. The van der Waals surface area contributed by atoms with Gasteiger partial charge in [0.05, 0.1) is 27.7 Å². The Hall–Kier alpha value is -3.34. The quantitative estimate of drug-likeness (QED) is 0.381. The summed E-state index contributed by atoms with van der Waals surface area (Å²) >= 11 is 3.53. The molecule has 0 saturated heterocycles. The first-order valence-electron chi connectivity index (χ1n) is 8.28. The number of benzene rings is 3. The van der Waals surface area contributed by atoms with E-state index in [1.54, 1.807) is 24.3 Å². The molecule has 4 heteroatoms. The predicted molar refractivity (Wildman–Crippen MR) is 110 cm³/mol. The summed E-state index contributed by atoms with van der Waals surface area (Å²) in [7, 11) is 0. The smallest absolute Gasteiger partial charge is 0.134 e. The number of hydrogen-bond acceptors (Lipinski definition) is 3. The summed E-state index contributed by atoms with van der Waals surface area (Å²) in [5.41, 5.74) is 3.86. The Labute approximate surface area is 166 Å². The lowest BCUT2D eigenvalue weighted by atomic mass is 10.0. The second-order valence-electron chi connectivity index (χ2n) is 5.82. The molecule has 0 bridgehead atoms. The van der Waals surface area contributed by atoms with Crippen molar-refractivity contribution in [2.24, 2.45) is 0 Å². The van der Waals surface area contributed by atoms with E-state index in [-0.39, 0.29) is 0 Å². The van der Waals surface area contributed by atoms with Crippen molar-refractivity contribution in [1.82, 2.24) is 0 Å². The van der Waals surface area contributed by atoms with Crippen molar-refractivity contribution in [2.45, 2.75) is 6.61 Å². The fourth-order valence-electron chi connectivity index (χ4n) is 2.53. The maximum absolute atomic E-state index is 9.48. The normalized spacial score (nSPS) is 10.7. The van der Waals surface area contributed by atoms with Gasteiger partial charge < -0.3 is 4.74 Å². The lowest BCUT2D eigenvalue weighted by Gasteiger charge is -2.09. The van der Waals surface area contributed by atoms with Crippen molar-refractivity contribution in [3.8, 4) is 17.9 Å². The van der Waals surface area contributed by atoms with Gasteiger partial charge in [-0.2, -0.15) is 10.5 Å². The number of nitriles is 2. The Morgan fingerprint density at radius 1 is 0.963 bits per heavy atom. The number of rotatable bonds is 5. The average Bonchev–Trinajstić information content (AvgIpc) is 2.72. The van der Waals surface area contributed by atoms with E-state index in [1.165, 1.54) is 0 Å². The van der Waals surface area contributed by atoms with Crippen molar-refractivity contribution in [3.05, 3.63) is 99.5 Å². The largest absolute Gasteiger partial charge is 0.488 e. The van der Waals surface area contributed by atoms with Crippen molar-refractivity contribution in [1.29, 1.82) is 10.5 Å². The molecule has 0 saturated carbocycles. The topological polar surface area (TPSA) is 56.8 Å². The van der Waals surface area contributed by atoms with Crippen LogP contribution in [0.5, 0.6) is 5.75 Å². The van der Waals surface area contributed by atoms with Gasteiger partial charge in [0.15, 0.2) is 0 Å². The van der Waals surface area contributed by atoms with E-state index >= 15 is 0 Å². The Morgan fingerprint density at radius 2 is 1.70 bits per heavy atom. The van der Waals surface area contributed by atoms with Crippen LogP contribution in [0.1, 0.15) is 22.3 Å². The Balaban J connectivity index is 1.78. The standard InChI is InChI=1S/C23H15BrN2O/c24-22-13-19(8-11-23(22)27-16-18-4-2-1-3-5-18)12-21(15-26)20-9-6-17(14-25)7-10-20/h1-13H,16H2/b21-12-. The highest BCUT2D eigenvalue weighted by Gasteiger charge is 2.05. The molecule has 0 aliphatic heterocycles. The van der Waals surface area contributed by atoms with Crippen LogP contribution in [0.2, 0.25) is 0 Å². The van der Waals surface area contributed by atoms with Crippen molar-refractivity contribution in [2.75, 3.05) is 0 Å². The third kappa shape index (κ3) is 4.85. The molecule has 3 aromatic rings.